The first-order chi connectivity index (χ1) is 18.1. The number of benzene rings is 3. The van der Waals surface area contributed by atoms with Gasteiger partial charge in [0.2, 0.25) is 0 Å². The lowest BCUT2D eigenvalue weighted by Crippen LogP contribution is -2.33. The molecule has 1 saturated heterocycles. The Morgan fingerprint density at radius 1 is 0.744 bits per heavy atom. The summed E-state index contributed by atoms with van der Waals surface area (Å²) in [5.41, 5.74) is 6.06. The molecule has 0 amide bonds. The van der Waals surface area contributed by atoms with Crippen molar-refractivity contribution in [3.05, 3.63) is 106 Å². The SMILES string of the molecule is Cl.Cl.O=C(CCCC1CCN(Cc2cccc(F)c2)CC1)c1ccc2c(c1)CCN(Cc1ccccc1)CC2. The molecule has 3 nitrogen and oxygen atoms in total. The van der Waals surface area contributed by atoms with Crippen LogP contribution in [0.2, 0.25) is 0 Å². The van der Waals surface area contributed by atoms with Crippen molar-refractivity contribution < 1.29 is 9.18 Å². The van der Waals surface area contributed by atoms with Crippen molar-refractivity contribution in [3.63, 3.8) is 0 Å². The number of rotatable bonds is 9. The van der Waals surface area contributed by atoms with Crippen molar-refractivity contribution in [2.45, 2.75) is 58.0 Å². The molecule has 210 valence electrons. The van der Waals surface area contributed by atoms with Gasteiger partial charge in [-0.1, -0.05) is 54.6 Å². The molecular formula is C33H41Cl2FN2O. The smallest absolute Gasteiger partial charge is 0.162 e. The predicted molar refractivity (Wildman–Crippen MR) is 163 cm³/mol. The second kappa shape index (κ2) is 15.5. The van der Waals surface area contributed by atoms with Gasteiger partial charge >= 0.3 is 0 Å². The highest BCUT2D eigenvalue weighted by Gasteiger charge is 2.20. The molecule has 2 heterocycles. The molecule has 5 rings (SSSR count). The lowest BCUT2D eigenvalue weighted by molar-refractivity contribution is 0.0974. The number of nitrogens with zero attached hydrogens (tertiary/aromatic N) is 2. The summed E-state index contributed by atoms with van der Waals surface area (Å²) < 4.78 is 13.5. The maximum atomic E-state index is 13.5. The van der Waals surface area contributed by atoms with E-state index in [1.807, 2.05) is 6.07 Å². The number of carbonyl (C=O) groups is 1. The van der Waals surface area contributed by atoms with Crippen LogP contribution in [0.15, 0.2) is 72.8 Å². The van der Waals surface area contributed by atoms with Gasteiger partial charge in [-0.3, -0.25) is 14.6 Å². The maximum Gasteiger partial charge on any atom is 0.162 e. The molecule has 6 heteroatoms. The molecule has 0 aromatic heterocycles. The highest BCUT2D eigenvalue weighted by atomic mass is 35.5. The third-order valence-corrected chi connectivity index (χ3v) is 8.19. The van der Waals surface area contributed by atoms with Crippen molar-refractivity contribution in [2.75, 3.05) is 26.2 Å². The van der Waals surface area contributed by atoms with Crippen LogP contribution in [0.5, 0.6) is 0 Å². The summed E-state index contributed by atoms with van der Waals surface area (Å²) >= 11 is 0. The Morgan fingerprint density at radius 3 is 2.15 bits per heavy atom. The molecule has 0 spiro atoms. The van der Waals surface area contributed by atoms with Crippen molar-refractivity contribution in [2.24, 2.45) is 5.92 Å². The number of ketones is 1. The lowest BCUT2D eigenvalue weighted by Gasteiger charge is -2.32. The molecule has 0 N–H and O–H groups in total. The van der Waals surface area contributed by atoms with Crippen LogP contribution in [0.25, 0.3) is 0 Å². The van der Waals surface area contributed by atoms with E-state index in [4.69, 9.17) is 0 Å². The van der Waals surface area contributed by atoms with Crippen LogP contribution >= 0.6 is 24.8 Å². The van der Waals surface area contributed by atoms with E-state index >= 15 is 0 Å². The van der Waals surface area contributed by atoms with Crippen LogP contribution in [0.4, 0.5) is 4.39 Å². The van der Waals surface area contributed by atoms with Crippen LogP contribution < -0.4 is 0 Å². The normalized spacial score (nSPS) is 16.4. The Bertz CT molecular complexity index is 1180. The molecule has 0 aliphatic carbocycles. The zero-order valence-electron chi connectivity index (χ0n) is 22.7. The van der Waals surface area contributed by atoms with E-state index < -0.39 is 0 Å². The van der Waals surface area contributed by atoms with Crippen LogP contribution in [-0.4, -0.2) is 41.8 Å². The van der Waals surface area contributed by atoms with E-state index in [0.717, 1.165) is 76.1 Å². The Labute approximate surface area is 245 Å². The second-order valence-electron chi connectivity index (χ2n) is 10.9. The monoisotopic (exact) mass is 570 g/mol. The van der Waals surface area contributed by atoms with Gasteiger partial charge in [0.25, 0.3) is 0 Å². The minimum absolute atomic E-state index is 0. The van der Waals surface area contributed by atoms with E-state index in [0.29, 0.717) is 12.3 Å². The second-order valence-corrected chi connectivity index (χ2v) is 10.9. The minimum Gasteiger partial charge on any atom is -0.299 e. The summed E-state index contributed by atoms with van der Waals surface area (Å²) in [6, 6.07) is 24.1. The molecule has 3 aromatic carbocycles. The summed E-state index contributed by atoms with van der Waals surface area (Å²) in [5.74, 6) is 0.826. The molecule has 1 fully saturated rings. The summed E-state index contributed by atoms with van der Waals surface area (Å²) in [5, 5.41) is 0. The van der Waals surface area contributed by atoms with Crippen LogP contribution in [0.1, 0.15) is 64.7 Å². The maximum absolute atomic E-state index is 13.5. The summed E-state index contributed by atoms with van der Waals surface area (Å²) in [6.45, 7) is 6.03. The quantitative estimate of drug-likeness (QED) is 0.248. The Kier molecular flexibility index (Phi) is 12.5. The van der Waals surface area contributed by atoms with Gasteiger partial charge in [0.15, 0.2) is 5.78 Å². The third kappa shape index (κ3) is 9.14. The summed E-state index contributed by atoms with van der Waals surface area (Å²) in [7, 11) is 0. The minimum atomic E-state index is -0.156. The van der Waals surface area contributed by atoms with Crippen LogP contribution in [-0.2, 0) is 25.9 Å². The molecular weight excluding hydrogens is 530 g/mol. The van der Waals surface area contributed by atoms with Gasteiger partial charge in [-0.15, -0.1) is 24.8 Å². The fraction of sp³-hybridized carbons (Fsp3) is 0.424. The zero-order valence-corrected chi connectivity index (χ0v) is 24.3. The topological polar surface area (TPSA) is 23.6 Å². The molecule has 0 radical (unpaired) electrons. The summed E-state index contributed by atoms with van der Waals surface area (Å²) in [4.78, 5) is 17.9. The predicted octanol–water partition coefficient (Wildman–Crippen LogP) is 7.54. The number of hydrogen-bond donors (Lipinski definition) is 0. The number of piperidine rings is 1. The molecule has 3 aromatic rings. The highest BCUT2D eigenvalue weighted by Crippen LogP contribution is 2.25. The fourth-order valence-corrected chi connectivity index (χ4v) is 5.97. The molecule has 0 bridgehead atoms. The van der Waals surface area contributed by atoms with Gasteiger partial charge in [-0.05, 0) is 98.0 Å². The molecule has 0 atom stereocenters. The molecule has 2 aliphatic heterocycles. The first-order valence-electron chi connectivity index (χ1n) is 14.0. The Morgan fingerprint density at radius 2 is 1.41 bits per heavy atom. The van der Waals surface area contributed by atoms with Gasteiger partial charge in [-0.2, -0.15) is 0 Å². The number of carbonyl (C=O) groups excluding carboxylic acids is 1. The summed E-state index contributed by atoms with van der Waals surface area (Å²) in [6.07, 6.45) is 7.13. The molecule has 2 aliphatic rings. The van der Waals surface area contributed by atoms with Gasteiger partial charge in [0, 0.05) is 38.2 Å². The number of Topliss-reactive ketones (excluding diaryl/α,β-unsaturated/α-hetero) is 1. The van der Waals surface area contributed by atoms with Crippen LogP contribution in [0, 0.1) is 11.7 Å². The van der Waals surface area contributed by atoms with E-state index in [2.05, 4.69) is 58.3 Å². The van der Waals surface area contributed by atoms with Gasteiger partial charge in [0.1, 0.15) is 5.82 Å². The van der Waals surface area contributed by atoms with E-state index in [9.17, 15) is 9.18 Å². The van der Waals surface area contributed by atoms with E-state index in [1.54, 1.807) is 12.1 Å². The van der Waals surface area contributed by atoms with Crippen molar-refractivity contribution in [3.8, 4) is 0 Å². The standard InChI is InChI=1S/C33H39FN2O.2ClH/c34-32-10-4-9-28(22-32)25-35-18-14-26(15-19-35)8-5-11-33(37)31-13-12-29-16-20-36(21-17-30(29)23-31)24-27-6-2-1-3-7-27;;/h1-4,6-7,9-10,12-13,22-23,26H,5,8,11,14-21,24-25H2;2*1H. The third-order valence-electron chi connectivity index (χ3n) is 8.19. The fourth-order valence-electron chi connectivity index (χ4n) is 5.97. The average Bonchev–Trinajstić information content (AvgIpc) is 3.12. The first kappa shape index (κ1) is 31.3. The highest BCUT2D eigenvalue weighted by molar-refractivity contribution is 5.96. The van der Waals surface area contributed by atoms with Gasteiger partial charge in [0.05, 0.1) is 0 Å². The van der Waals surface area contributed by atoms with Crippen molar-refractivity contribution in [1.29, 1.82) is 0 Å². The lowest BCUT2D eigenvalue weighted by atomic mass is 9.90. The largest absolute Gasteiger partial charge is 0.299 e. The van der Waals surface area contributed by atoms with Gasteiger partial charge < -0.3 is 0 Å². The van der Waals surface area contributed by atoms with Crippen LogP contribution in [0.3, 0.4) is 0 Å². The number of hydrogen-bond acceptors (Lipinski definition) is 3. The Balaban J connectivity index is 0.00000210. The average molecular weight is 572 g/mol. The molecule has 39 heavy (non-hydrogen) atoms. The van der Waals surface area contributed by atoms with E-state index in [-0.39, 0.29) is 36.4 Å². The first-order valence-corrected chi connectivity index (χ1v) is 14.0. The van der Waals surface area contributed by atoms with Crippen molar-refractivity contribution >= 4 is 30.6 Å². The zero-order chi connectivity index (χ0) is 25.5. The number of likely N-dealkylation sites (tertiary alicyclic amines) is 1. The van der Waals surface area contributed by atoms with Crippen molar-refractivity contribution in [1.82, 2.24) is 9.80 Å². The molecule has 0 saturated carbocycles. The molecule has 0 unspecified atom stereocenters. The van der Waals surface area contributed by atoms with Gasteiger partial charge in [-0.25, -0.2) is 4.39 Å². The number of fused-ring (bicyclic) bond motifs is 1. The number of halogens is 3. The Hall–Kier alpha value is -2.24. The van der Waals surface area contributed by atoms with E-state index in [1.165, 1.54) is 35.6 Å².